The third-order valence-electron chi connectivity index (χ3n) is 4.17. The van der Waals surface area contributed by atoms with Crippen molar-refractivity contribution >= 4 is 23.1 Å². The Morgan fingerprint density at radius 2 is 1.77 bits per heavy atom. The number of alkyl halides is 3. The molecule has 0 radical (unpaired) electrons. The summed E-state index contributed by atoms with van der Waals surface area (Å²) in [4.78, 5) is 12.0. The lowest BCUT2D eigenvalue weighted by Crippen LogP contribution is -2.40. The van der Waals surface area contributed by atoms with E-state index in [2.05, 4.69) is 10.0 Å². The lowest BCUT2D eigenvalue weighted by molar-refractivity contribution is -0.140. The Bertz CT molecular complexity index is 902. The Labute approximate surface area is 181 Å². The van der Waals surface area contributed by atoms with Crippen molar-refractivity contribution in [1.29, 1.82) is 0 Å². The van der Waals surface area contributed by atoms with Gasteiger partial charge in [0.1, 0.15) is 17.2 Å². The van der Waals surface area contributed by atoms with Gasteiger partial charge >= 0.3 is 12.3 Å². The van der Waals surface area contributed by atoms with Crippen LogP contribution in [-0.4, -0.2) is 15.4 Å². The molecule has 0 spiro atoms. The van der Waals surface area contributed by atoms with Gasteiger partial charge in [0.25, 0.3) is 0 Å². The van der Waals surface area contributed by atoms with E-state index in [0.29, 0.717) is 11.6 Å². The van der Waals surface area contributed by atoms with Crippen molar-refractivity contribution in [2.45, 2.75) is 51.3 Å². The largest absolute Gasteiger partial charge is 0.598 e. The van der Waals surface area contributed by atoms with Crippen LogP contribution in [0.1, 0.15) is 50.4 Å². The van der Waals surface area contributed by atoms with Gasteiger partial charge in [0, 0.05) is 22.6 Å². The zero-order valence-corrected chi connectivity index (χ0v) is 18.3. The second kappa shape index (κ2) is 9.88. The van der Waals surface area contributed by atoms with Crippen molar-refractivity contribution in [3.63, 3.8) is 0 Å². The molecule has 10 heteroatoms. The molecule has 2 unspecified atom stereocenters. The molecule has 0 aliphatic heterocycles. The van der Waals surface area contributed by atoms with Gasteiger partial charge < -0.3 is 9.29 Å². The predicted molar refractivity (Wildman–Crippen MR) is 111 cm³/mol. The smallest absolute Gasteiger partial charge is 0.419 e. The van der Waals surface area contributed by atoms with Crippen molar-refractivity contribution in [3.05, 3.63) is 65.0 Å². The lowest BCUT2D eigenvalue weighted by atomic mass is 10.0. The fourth-order valence-corrected chi connectivity index (χ4v) is 3.32. The minimum Gasteiger partial charge on any atom is -0.598 e. The molecule has 0 heterocycles. The molecule has 170 valence electrons. The van der Waals surface area contributed by atoms with Crippen molar-refractivity contribution in [2.24, 2.45) is 0 Å². The second-order valence-corrected chi connectivity index (χ2v) is 9.83. The highest BCUT2D eigenvalue weighted by molar-refractivity contribution is 7.90. The Kier molecular flexibility index (Phi) is 7.96. The van der Waals surface area contributed by atoms with Crippen molar-refractivity contribution in [2.75, 3.05) is 5.32 Å². The first-order chi connectivity index (χ1) is 14.3. The van der Waals surface area contributed by atoms with E-state index in [0.717, 1.165) is 6.07 Å². The molecule has 0 bridgehead atoms. The highest BCUT2D eigenvalue weighted by Gasteiger charge is 2.37. The molecule has 2 N–H and O–H groups in total. The minimum absolute atomic E-state index is 0.0879. The molecule has 0 saturated heterocycles. The van der Waals surface area contributed by atoms with Gasteiger partial charge in [-0.05, 0) is 45.4 Å². The molecule has 0 saturated carbocycles. The summed E-state index contributed by atoms with van der Waals surface area (Å²) in [6.45, 7) is 6.30. The van der Waals surface area contributed by atoms with Gasteiger partial charge in [-0.2, -0.15) is 13.2 Å². The highest BCUT2D eigenvalue weighted by Crippen LogP contribution is 2.37. The maximum absolute atomic E-state index is 14.6. The standard InChI is InChI=1S/C21H24F4N2O3S/c1-13(27-31(29)20(2,3)4)16-10-15(11-17(18(16)22)21(23,24)25)26-19(28)30-12-14-8-6-5-7-9-14/h5-11,13,27H,12H2,1-4H3,(H,26,28). The van der Waals surface area contributed by atoms with Gasteiger partial charge in [-0.15, -0.1) is 4.72 Å². The number of rotatable bonds is 6. The number of anilines is 1. The number of carbonyl (C=O) groups excluding carboxylic acids is 1. The topological polar surface area (TPSA) is 73.4 Å². The maximum Gasteiger partial charge on any atom is 0.419 e. The maximum atomic E-state index is 14.6. The fraction of sp³-hybridized carbons (Fsp3) is 0.381. The predicted octanol–water partition coefficient (Wildman–Crippen LogP) is 5.71. The first-order valence-corrected chi connectivity index (χ1v) is 10.5. The average molecular weight is 460 g/mol. The van der Waals surface area contributed by atoms with Gasteiger partial charge in [0.15, 0.2) is 0 Å². The SMILES string of the molecule is CC(N[S+]([O-])C(C)(C)C)c1cc(NC(=O)OCc2ccccc2)cc(C(F)(F)F)c1F. The van der Waals surface area contributed by atoms with Crippen LogP contribution in [0, 0.1) is 5.82 Å². The number of carbonyl (C=O) groups is 1. The van der Waals surface area contributed by atoms with Gasteiger partial charge in [0.2, 0.25) is 0 Å². The van der Waals surface area contributed by atoms with E-state index in [9.17, 15) is 26.9 Å². The molecule has 5 nitrogen and oxygen atoms in total. The van der Waals surface area contributed by atoms with E-state index >= 15 is 0 Å². The quantitative estimate of drug-likeness (QED) is 0.428. The van der Waals surface area contributed by atoms with Crippen molar-refractivity contribution in [1.82, 2.24) is 4.72 Å². The van der Waals surface area contributed by atoms with Crippen LogP contribution in [0.4, 0.5) is 28.0 Å². The van der Waals surface area contributed by atoms with Crippen LogP contribution in [0.15, 0.2) is 42.5 Å². The van der Waals surface area contributed by atoms with E-state index in [4.69, 9.17) is 4.74 Å². The summed E-state index contributed by atoms with van der Waals surface area (Å²) < 4.78 is 73.9. The zero-order chi connectivity index (χ0) is 23.4. The number of amides is 1. The average Bonchev–Trinajstić information content (AvgIpc) is 2.66. The van der Waals surface area contributed by atoms with E-state index < -0.39 is 45.8 Å². The Balaban J connectivity index is 2.26. The fourth-order valence-electron chi connectivity index (χ4n) is 2.52. The Hall–Kier alpha value is -2.30. The van der Waals surface area contributed by atoms with Crippen LogP contribution in [0.5, 0.6) is 0 Å². The Morgan fingerprint density at radius 1 is 1.16 bits per heavy atom. The number of ether oxygens (including phenoxy) is 1. The van der Waals surface area contributed by atoms with Gasteiger partial charge in [-0.1, -0.05) is 30.3 Å². The van der Waals surface area contributed by atoms with Gasteiger partial charge in [0.05, 0.1) is 11.6 Å². The molecule has 31 heavy (non-hydrogen) atoms. The Morgan fingerprint density at radius 3 is 2.32 bits per heavy atom. The molecule has 2 atom stereocenters. The third kappa shape index (κ3) is 7.12. The van der Waals surface area contributed by atoms with Crippen LogP contribution >= 0.6 is 0 Å². The summed E-state index contributed by atoms with van der Waals surface area (Å²) >= 11 is -1.66. The number of hydrogen-bond acceptors (Lipinski definition) is 4. The number of nitrogens with one attached hydrogen (secondary N) is 2. The molecular weight excluding hydrogens is 436 g/mol. The summed E-state index contributed by atoms with van der Waals surface area (Å²) in [6, 6.07) is 9.24. The summed E-state index contributed by atoms with van der Waals surface area (Å²) in [6.07, 6.45) is -5.98. The van der Waals surface area contributed by atoms with E-state index in [1.54, 1.807) is 51.1 Å². The van der Waals surface area contributed by atoms with Crippen LogP contribution in [-0.2, 0) is 28.9 Å². The van der Waals surface area contributed by atoms with Gasteiger partial charge in [-0.25, -0.2) is 9.18 Å². The number of benzene rings is 2. The second-order valence-electron chi connectivity index (χ2n) is 7.83. The third-order valence-corrected chi connectivity index (χ3v) is 5.85. The summed E-state index contributed by atoms with van der Waals surface area (Å²) in [5, 5.41) is 2.20. The van der Waals surface area contributed by atoms with Crippen molar-refractivity contribution < 1.29 is 31.6 Å². The first-order valence-electron chi connectivity index (χ1n) is 9.35. The van der Waals surface area contributed by atoms with Gasteiger partial charge in [-0.3, -0.25) is 5.32 Å². The van der Waals surface area contributed by atoms with Crippen LogP contribution < -0.4 is 10.0 Å². The van der Waals surface area contributed by atoms with E-state index in [-0.39, 0.29) is 17.9 Å². The zero-order valence-electron chi connectivity index (χ0n) is 17.5. The monoisotopic (exact) mass is 460 g/mol. The summed E-state index contributed by atoms with van der Waals surface area (Å²) in [7, 11) is 0. The van der Waals surface area contributed by atoms with Crippen LogP contribution in [0.2, 0.25) is 0 Å². The van der Waals surface area contributed by atoms with Crippen LogP contribution in [0.3, 0.4) is 0 Å². The molecule has 1 amide bonds. The molecule has 2 aromatic carbocycles. The number of hydrogen-bond donors (Lipinski definition) is 2. The van der Waals surface area contributed by atoms with Crippen molar-refractivity contribution in [3.8, 4) is 0 Å². The molecule has 0 aromatic heterocycles. The number of halogens is 4. The van der Waals surface area contributed by atoms with E-state index in [1.807, 2.05) is 0 Å². The molecule has 2 rings (SSSR count). The minimum atomic E-state index is -4.99. The summed E-state index contributed by atoms with van der Waals surface area (Å²) in [5.74, 6) is -1.50. The van der Waals surface area contributed by atoms with E-state index in [1.165, 1.54) is 6.92 Å². The highest BCUT2D eigenvalue weighted by atomic mass is 32.2. The molecule has 2 aromatic rings. The molecule has 0 fully saturated rings. The molecular formula is C21H24F4N2O3S. The first kappa shape index (κ1) is 25.0. The normalized spacial score (nSPS) is 14.1. The summed E-state index contributed by atoms with van der Waals surface area (Å²) in [5.41, 5.74) is -1.53. The molecule has 0 aliphatic rings. The van der Waals surface area contributed by atoms with Crippen LogP contribution in [0.25, 0.3) is 0 Å². The molecule has 0 aliphatic carbocycles. The lowest BCUT2D eigenvalue weighted by Gasteiger charge is -2.27.